The number of hydrogen-bond acceptors (Lipinski definition) is 7. The third-order valence-corrected chi connectivity index (χ3v) is 7.12. The van der Waals surface area contributed by atoms with Gasteiger partial charge in [-0.05, 0) is 42.5 Å². The van der Waals surface area contributed by atoms with Crippen LogP contribution >= 0.6 is 0 Å². The fourth-order valence-corrected chi connectivity index (χ4v) is 4.92. The molecule has 0 bridgehead atoms. The van der Waals surface area contributed by atoms with Crippen molar-refractivity contribution in [2.24, 2.45) is 0 Å². The van der Waals surface area contributed by atoms with Crippen LogP contribution in [0.25, 0.3) is 0 Å². The van der Waals surface area contributed by atoms with Crippen molar-refractivity contribution < 1.29 is 22.9 Å². The largest absolute Gasteiger partial charge is 0.495 e. The Hall–Kier alpha value is -4.12. The van der Waals surface area contributed by atoms with E-state index in [0.29, 0.717) is 31.7 Å². The van der Waals surface area contributed by atoms with Crippen LogP contribution in [-0.2, 0) is 10.0 Å². The molecule has 1 aliphatic rings. The first-order valence-electron chi connectivity index (χ1n) is 10.8. The summed E-state index contributed by atoms with van der Waals surface area (Å²) in [6.07, 6.45) is 0. The smallest absolute Gasteiger partial charge is 0.271 e. The minimum absolute atomic E-state index is 0.0573. The summed E-state index contributed by atoms with van der Waals surface area (Å²) in [4.78, 5) is 27.2. The van der Waals surface area contributed by atoms with Gasteiger partial charge in [0.15, 0.2) is 0 Å². The summed E-state index contributed by atoms with van der Waals surface area (Å²) in [6, 6.07) is 19.2. The number of carbonyl (C=O) groups excluding carboxylic acids is 1. The Morgan fingerprint density at radius 3 is 2.23 bits per heavy atom. The SMILES string of the molecule is COc1ccc([N+](=O)[O-])cc1NS(=O)(=O)c1ccc(C(=O)N2CCN(c3ccccc3)CC2)cc1. The molecule has 1 fully saturated rings. The van der Waals surface area contributed by atoms with Crippen LogP contribution in [0.5, 0.6) is 5.75 Å². The molecule has 10 nitrogen and oxygen atoms in total. The Morgan fingerprint density at radius 2 is 1.63 bits per heavy atom. The van der Waals surface area contributed by atoms with Gasteiger partial charge in [-0.2, -0.15) is 0 Å². The molecule has 0 aliphatic carbocycles. The Bertz CT molecular complexity index is 1320. The number of nitrogens with zero attached hydrogens (tertiary/aromatic N) is 3. The summed E-state index contributed by atoms with van der Waals surface area (Å²) in [5.41, 5.74) is 1.15. The molecule has 3 aromatic carbocycles. The van der Waals surface area contributed by atoms with E-state index in [2.05, 4.69) is 9.62 Å². The van der Waals surface area contributed by atoms with Crippen LogP contribution < -0.4 is 14.4 Å². The molecule has 0 radical (unpaired) electrons. The van der Waals surface area contributed by atoms with E-state index in [1.807, 2.05) is 30.3 Å². The van der Waals surface area contributed by atoms with E-state index in [4.69, 9.17) is 4.74 Å². The molecule has 3 aromatic rings. The van der Waals surface area contributed by atoms with Crippen molar-refractivity contribution in [2.75, 3.05) is 42.9 Å². The normalized spacial score (nSPS) is 13.9. The van der Waals surface area contributed by atoms with Gasteiger partial charge in [-0.25, -0.2) is 8.42 Å². The van der Waals surface area contributed by atoms with Crippen LogP contribution in [0.3, 0.4) is 0 Å². The van der Waals surface area contributed by atoms with Crippen LogP contribution in [0.4, 0.5) is 17.1 Å². The number of ether oxygens (including phenoxy) is 1. The number of amides is 1. The molecule has 1 N–H and O–H groups in total. The lowest BCUT2D eigenvalue weighted by molar-refractivity contribution is -0.384. The fourth-order valence-electron chi connectivity index (χ4n) is 3.86. The maximum atomic E-state index is 12.9. The minimum atomic E-state index is -4.08. The lowest BCUT2D eigenvalue weighted by Gasteiger charge is -2.36. The number of benzene rings is 3. The topological polar surface area (TPSA) is 122 Å². The van der Waals surface area contributed by atoms with E-state index in [1.165, 1.54) is 43.5 Å². The molecule has 1 heterocycles. The molecule has 0 aromatic heterocycles. The maximum absolute atomic E-state index is 12.9. The lowest BCUT2D eigenvalue weighted by atomic mass is 10.1. The van der Waals surface area contributed by atoms with Crippen molar-refractivity contribution in [3.8, 4) is 5.75 Å². The average Bonchev–Trinajstić information content (AvgIpc) is 2.88. The number of rotatable bonds is 7. The second-order valence-electron chi connectivity index (χ2n) is 7.89. The number of non-ortho nitro benzene ring substituents is 1. The zero-order valence-corrected chi connectivity index (χ0v) is 19.8. The molecular formula is C24H24N4O6S. The second-order valence-corrected chi connectivity index (χ2v) is 9.57. The van der Waals surface area contributed by atoms with Gasteiger partial charge in [0.05, 0.1) is 22.6 Å². The Labute approximate surface area is 202 Å². The van der Waals surface area contributed by atoms with Gasteiger partial charge in [0.2, 0.25) is 0 Å². The van der Waals surface area contributed by atoms with Gasteiger partial charge < -0.3 is 14.5 Å². The monoisotopic (exact) mass is 496 g/mol. The second kappa shape index (κ2) is 10.0. The van der Waals surface area contributed by atoms with E-state index < -0.39 is 14.9 Å². The van der Waals surface area contributed by atoms with Gasteiger partial charge in [0.25, 0.3) is 21.6 Å². The lowest BCUT2D eigenvalue weighted by Crippen LogP contribution is -2.48. The number of anilines is 2. The van der Waals surface area contributed by atoms with Gasteiger partial charge in [-0.3, -0.25) is 19.6 Å². The van der Waals surface area contributed by atoms with Crippen molar-refractivity contribution >= 4 is 33.0 Å². The zero-order chi connectivity index (χ0) is 25.0. The first kappa shape index (κ1) is 24.0. The summed E-state index contributed by atoms with van der Waals surface area (Å²) < 4.78 is 33.2. The molecule has 11 heteroatoms. The standard InChI is InChI=1S/C24H24N4O6S/c1-34-23-12-9-20(28(30)31)17-22(23)25-35(32,33)21-10-7-18(8-11-21)24(29)27-15-13-26(14-16-27)19-5-3-2-4-6-19/h2-12,17,25H,13-16H2,1H3. The molecule has 0 saturated carbocycles. The van der Waals surface area contributed by atoms with Crippen molar-refractivity contribution in [1.29, 1.82) is 0 Å². The predicted octanol–water partition coefficient (Wildman–Crippen LogP) is 3.37. The number of methoxy groups -OCH3 is 1. The van der Waals surface area contributed by atoms with Crippen molar-refractivity contribution in [3.63, 3.8) is 0 Å². The summed E-state index contributed by atoms with van der Waals surface area (Å²) >= 11 is 0. The van der Waals surface area contributed by atoms with Crippen LogP contribution in [0.2, 0.25) is 0 Å². The first-order valence-corrected chi connectivity index (χ1v) is 12.3. The number of hydrogen-bond donors (Lipinski definition) is 1. The van der Waals surface area contributed by atoms with Gasteiger partial charge in [0.1, 0.15) is 5.75 Å². The third kappa shape index (κ3) is 5.35. The summed E-state index contributed by atoms with van der Waals surface area (Å²) in [5, 5.41) is 11.1. The summed E-state index contributed by atoms with van der Waals surface area (Å²) in [7, 11) is -2.75. The molecular weight excluding hydrogens is 472 g/mol. The number of nitro benzene ring substituents is 1. The molecule has 1 amide bonds. The quantitative estimate of drug-likeness (QED) is 0.393. The molecule has 0 atom stereocenters. The molecule has 1 aliphatic heterocycles. The van der Waals surface area contributed by atoms with Crippen molar-refractivity contribution in [3.05, 3.63) is 88.5 Å². The molecule has 182 valence electrons. The van der Waals surface area contributed by atoms with E-state index in [-0.39, 0.29) is 27.9 Å². The number of sulfonamides is 1. The summed E-state index contributed by atoms with van der Waals surface area (Å²) in [5.74, 6) is -0.0319. The van der Waals surface area contributed by atoms with Gasteiger partial charge in [-0.1, -0.05) is 18.2 Å². The van der Waals surface area contributed by atoms with Gasteiger partial charge in [0, 0.05) is 49.6 Å². The van der Waals surface area contributed by atoms with E-state index in [9.17, 15) is 23.3 Å². The Morgan fingerprint density at radius 1 is 0.971 bits per heavy atom. The number of piperazine rings is 1. The molecule has 0 spiro atoms. The van der Waals surface area contributed by atoms with Gasteiger partial charge in [-0.15, -0.1) is 0 Å². The molecule has 1 saturated heterocycles. The molecule has 35 heavy (non-hydrogen) atoms. The number of para-hydroxylation sites is 1. The van der Waals surface area contributed by atoms with Crippen LogP contribution in [0.15, 0.2) is 77.7 Å². The minimum Gasteiger partial charge on any atom is -0.495 e. The average molecular weight is 497 g/mol. The van der Waals surface area contributed by atoms with E-state index in [0.717, 1.165) is 11.8 Å². The fraction of sp³-hybridized carbons (Fsp3) is 0.208. The highest BCUT2D eigenvalue weighted by Crippen LogP contribution is 2.31. The van der Waals surface area contributed by atoms with E-state index >= 15 is 0 Å². The maximum Gasteiger partial charge on any atom is 0.271 e. The van der Waals surface area contributed by atoms with Crippen LogP contribution in [0, 0.1) is 10.1 Å². The summed E-state index contributed by atoms with van der Waals surface area (Å²) in [6.45, 7) is 2.53. The molecule has 4 rings (SSSR count). The predicted molar refractivity (Wildman–Crippen MR) is 131 cm³/mol. The highest BCUT2D eigenvalue weighted by molar-refractivity contribution is 7.92. The highest BCUT2D eigenvalue weighted by Gasteiger charge is 2.24. The molecule has 0 unspecified atom stereocenters. The van der Waals surface area contributed by atoms with E-state index in [1.54, 1.807) is 4.90 Å². The number of nitrogens with one attached hydrogen (secondary N) is 1. The number of nitro groups is 1. The van der Waals surface area contributed by atoms with Crippen molar-refractivity contribution in [2.45, 2.75) is 4.90 Å². The Balaban J connectivity index is 1.44. The van der Waals surface area contributed by atoms with Crippen LogP contribution in [0.1, 0.15) is 10.4 Å². The van der Waals surface area contributed by atoms with Gasteiger partial charge >= 0.3 is 0 Å². The zero-order valence-electron chi connectivity index (χ0n) is 19.0. The van der Waals surface area contributed by atoms with Crippen LogP contribution in [-0.4, -0.2) is 57.4 Å². The highest BCUT2D eigenvalue weighted by atomic mass is 32.2. The third-order valence-electron chi connectivity index (χ3n) is 5.74. The van der Waals surface area contributed by atoms with Crippen molar-refractivity contribution in [1.82, 2.24) is 4.90 Å². The number of carbonyl (C=O) groups is 1. The Kier molecular flexibility index (Phi) is 6.87. The first-order chi connectivity index (χ1) is 16.8.